The lowest BCUT2D eigenvalue weighted by Gasteiger charge is -2.34. The van der Waals surface area contributed by atoms with E-state index >= 15 is 0 Å². The molecule has 4 nitrogen and oxygen atoms in total. The molecule has 0 saturated heterocycles. The van der Waals surface area contributed by atoms with Crippen molar-refractivity contribution in [3.8, 4) is 6.07 Å². The predicted octanol–water partition coefficient (Wildman–Crippen LogP) is 3.00. The first kappa shape index (κ1) is 17.6. The number of ketones is 1. The summed E-state index contributed by atoms with van der Waals surface area (Å²) in [7, 11) is 0. The Morgan fingerprint density at radius 2 is 1.90 bits per heavy atom. The van der Waals surface area contributed by atoms with Crippen molar-refractivity contribution in [2.24, 2.45) is 11.8 Å². The van der Waals surface area contributed by atoms with Gasteiger partial charge in [-0.15, -0.1) is 0 Å². The van der Waals surface area contributed by atoms with Crippen LogP contribution in [0.2, 0.25) is 0 Å². The van der Waals surface area contributed by atoms with E-state index in [9.17, 15) is 23.1 Å². The molecule has 0 bridgehead atoms. The smallest absolute Gasteiger partial charge is 0.379 e. The van der Waals surface area contributed by atoms with Gasteiger partial charge in [0.2, 0.25) is 0 Å². The molecule has 21 heavy (non-hydrogen) atoms. The number of nitrogens with one attached hydrogen (secondary N) is 1. The monoisotopic (exact) mass is 304 g/mol. The van der Waals surface area contributed by atoms with Crippen LogP contribution in [0.15, 0.2) is 0 Å². The minimum Gasteiger partial charge on any atom is -0.379 e. The molecule has 0 amide bonds. The highest BCUT2D eigenvalue weighted by molar-refractivity contribution is 5.88. The maximum Gasteiger partial charge on any atom is 0.419 e. The van der Waals surface area contributed by atoms with Crippen LogP contribution < -0.4 is 0 Å². The Morgan fingerprint density at radius 1 is 1.38 bits per heavy atom. The normalized spacial score (nSPS) is 21.1. The summed E-state index contributed by atoms with van der Waals surface area (Å²) in [6.45, 7) is 1.02. The van der Waals surface area contributed by atoms with Crippen molar-refractivity contribution < 1.29 is 23.1 Å². The molecule has 0 aromatic rings. The quantitative estimate of drug-likeness (QED) is 0.766. The molecule has 0 aromatic carbocycles. The summed E-state index contributed by atoms with van der Waals surface area (Å²) in [5.74, 6) is -3.22. The second-order valence-corrected chi connectivity index (χ2v) is 5.65. The first-order valence-corrected chi connectivity index (χ1v) is 6.90. The summed E-state index contributed by atoms with van der Waals surface area (Å²) in [5.41, 5.74) is -4.09. The Labute approximate surface area is 121 Å². The fourth-order valence-corrected chi connectivity index (χ4v) is 2.76. The summed E-state index contributed by atoms with van der Waals surface area (Å²) >= 11 is 0. The summed E-state index contributed by atoms with van der Waals surface area (Å²) in [4.78, 5) is 12.1. The van der Waals surface area contributed by atoms with Crippen LogP contribution in [-0.2, 0) is 4.79 Å². The topological polar surface area (TPSA) is 84.9 Å². The van der Waals surface area contributed by atoms with Crippen molar-refractivity contribution in [1.82, 2.24) is 0 Å². The van der Waals surface area contributed by atoms with Gasteiger partial charge in [0.15, 0.2) is 5.60 Å². The molecule has 0 heterocycles. The zero-order chi connectivity index (χ0) is 16.3. The fourth-order valence-electron chi connectivity index (χ4n) is 2.76. The number of carbonyl (C=O) groups is 1. The van der Waals surface area contributed by atoms with Crippen molar-refractivity contribution in [2.45, 2.75) is 57.2 Å². The highest BCUT2D eigenvalue weighted by Crippen LogP contribution is 2.41. The van der Waals surface area contributed by atoms with Crippen LogP contribution in [0.5, 0.6) is 0 Å². The molecule has 0 aromatic heterocycles. The first-order chi connectivity index (χ1) is 9.63. The largest absolute Gasteiger partial charge is 0.419 e. The number of alkyl halides is 3. The first-order valence-electron chi connectivity index (χ1n) is 6.90. The molecular weight excluding hydrogens is 285 g/mol. The van der Waals surface area contributed by atoms with Crippen molar-refractivity contribution >= 4 is 11.5 Å². The molecule has 1 saturated carbocycles. The van der Waals surface area contributed by atoms with Crippen LogP contribution >= 0.6 is 0 Å². The lowest BCUT2D eigenvalue weighted by molar-refractivity contribution is -0.267. The predicted molar refractivity (Wildman–Crippen MR) is 69.7 cm³/mol. The average molecular weight is 304 g/mol. The van der Waals surface area contributed by atoms with Crippen LogP contribution in [0.25, 0.3) is 0 Å². The number of nitrogens with zero attached hydrogens (tertiary/aromatic N) is 1. The minimum atomic E-state index is -5.14. The van der Waals surface area contributed by atoms with E-state index in [2.05, 4.69) is 0 Å². The van der Waals surface area contributed by atoms with Crippen LogP contribution in [0.3, 0.4) is 0 Å². The van der Waals surface area contributed by atoms with Crippen molar-refractivity contribution in [1.29, 1.82) is 10.7 Å². The van der Waals surface area contributed by atoms with E-state index in [4.69, 9.17) is 10.7 Å². The van der Waals surface area contributed by atoms with Crippen molar-refractivity contribution in [3.63, 3.8) is 0 Å². The Hall–Kier alpha value is -1.42. The summed E-state index contributed by atoms with van der Waals surface area (Å²) in [6, 6.07) is 1.31. The number of hydrogen-bond acceptors (Lipinski definition) is 4. The third-order valence-corrected chi connectivity index (χ3v) is 4.03. The molecule has 1 aliphatic carbocycles. The van der Waals surface area contributed by atoms with Gasteiger partial charge < -0.3 is 10.5 Å². The number of rotatable bonds is 5. The number of hydrogen-bond donors (Lipinski definition) is 2. The van der Waals surface area contributed by atoms with E-state index in [-0.39, 0.29) is 0 Å². The van der Waals surface area contributed by atoms with Crippen LogP contribution in [-0.4, -0.2) is 28.4 Å². The molecule has 1 fully saturated rings. The van der Waals surface area contributed by atoms with Gasteiger partial charge in [-0.2, -0.15) is 18.4 Å². The summed E-state index contributed by atoms with van der Waals surface area (Å²) in [6.07, 6.45) is -2.73. The molecule has 0 radical (unpaired) electrons. The van der Waals surface area contributed by atoms with E-state index in [0.717, 1.165) is 26.2 Å². The van der Waals surface area contributed by atoms with Crippen molar-refractivity contribution in [2.75, 3.05) is 0 Å². The maximum absolute atomic E-state index is 13.2. The fraction of sp³-hybridized carbons (Fsp3) is 0.786. The van der Waals surface area contributed by atoms with E-state index in [1.54, 1.807) is 0 Å². The van der Waals surface area contributed by atoms with Gasteiger partial charge in [-0.3, -0.25) is 4.79 Å². The number of halogens is 3. The van der Waals surface area contributed by atoms with Gasteiger partial charge in [0, 0.05) is 18.1 Å². The number of carbonyl (C=O) groups excluding carboxylic acids is 1. The van der Waals surface area contributed by atoms with Gasteiger partial charge in [0.05, 0.1) is 6.07 Å². The molecule has 1 aliphatic rings. The molecule has 1 rings (SSSR count). The van der Waals surface area contributed by atoms with Gasteiger partial charge in [0.1, 0.15) is 11.7 Å². The lowest BCUT2D eigenvalue weighted by atomic mass is 9.76. The highest BCUT2D eigenvalue weighted by atomic mass is 19.4. The van der Waals surface area contributed by atoms with Gasteiger partial charge in [-0.25, -0.2) is 0 Å². The van der Waals surface area contributed by atoms with Crippen LogP contribution in [0, 0.1) is 28.6 Å². The lowest BCUT2D eigenvalue weighted by Crippen LogP contribution is -2.55. The third kappa shape index (κ3) is 3.82. The number of Topliss-reactive ketones (excluding diaryl/α,β-unsaturated/α-hetero) is 1. The Balaban J connectivity index is 3.01. The average Bonchev–Trinajstić information content (AvgIpc) is 2.38. The molecule has 0 aliphatic heterocycles. The SMILES string of the molecule is CC(=N)C(C#N)C(O)(CC(=O)C1CCCCC1)C(F)(F)F. The molecule has 2 N–H and O–H groups in total. The van der Waals surface area contributed by atoms with Crippen molar-refractivity contribution in [3.05, 3.63) is 0 Å². The molecule has 0 spiro atoms. The van der Waals surface area contributed by atoms with E-state index in [1.807, 2.05) is 0 Å². The van der Waals surface area contributed by atoms with Gasteiger partial charge in [0.25, 0.3) is 0 Å². The zero-order valence-corrected chi connectivity index (χ0v) is 11.8. The second-order valence-electron chi connectivity index (χ2n) is 5.65. The molecule has 7 heteroatoms. The van der Waals surface area contributed by atoms with E-state index < -0.39 is 41.5 Å². The highest BCUT2D eigenvalue weighted by Gasteiger charge is 2.60. The van der Waals surface area contributed by atoms with Gasteiger partial charge in [-0.1, -0.05) is 19.3 Å². The molecule has 2 atom stereocenters. The Kier molecular flexibility index (Phi) is 5.51. The standard InChI is InChI=1S/C14H19F3N2O2/c1-9(19)11(8-18)13(21,14(15,16)17)7-12(20)10-5-3-2-4-6-10/h10-11,19,21H,2-7H2,1H3. The number of aliphatic hydroxyl groups is 1. The van der Waals surface area contributed by atoms with Crippen LogP contribution in [0.1, 0.15) is 45.4 Å². The Morgan fingerprint density at radius 3 is 2.29 bits per heavy atom. The second kappa shape index (κ2) is 6.56. The number of nitriles is 1. The van der Waals surface area contributed by atoms with Crippen LogP contribution in [0.4, 0.5) is 13.2 Å². The van der Waals surface area contributed by atoms with Gasteiger partial charge in [-0.05, 0) is 19.8 Å². The third-order valence-electron chi connectivity index (χ3n) is 4.03. The summed E-state index contributed by atoms with van der Waals surface area (Å²) < 4.78 is 39.5. The van der Waals surface area contributed by atoms with Gasteiger partial charge >= 0.3 is 6.18 Å². The van der Waals surface area contributed by atoms with E-state index in [0.29, 0.717) is 12.8 Å². The maximum atomic E-state index is 13.2. The molecule has 118 valence electrons. The Bertz CT molecular complexity index is 450. The zero-order valence-electron chi connectivity index (χ0n) is 11.8. The van der Waals surface area contributed by atoms with E-state index in [1.165, 1.54) is 6.07 Å². The summed E-state index contributed by atoms with van der Waals surface area (Å²) in [5, 5.41) is 26.1. The minimum absolute atomic E-state index is 0.488. The molecule has 2 unspecified atom stereocenters. The molecular formula is C14H19F3N2O2.